The zero-order chi connectivity index (χ0) is 11.9. The largest absolute Gasteiger partial charge is 0.425 e. The molecular weight excluding hydrogens is 235 g/mol. The lowest BCUT2D eigenvalue weighted by Crippen LogP contribution is -2.04. The summed E-state index contributed by atoms with van der Waals surface area (Å²) in [5, 5.41) is 0.604. The summed E-state index contributed by atoms with van der Waals surface area (Å²) in [4.78, 5) is -0.574. The minimum absolute atomic E-state index is 0.261. The molecule has 0 aliphatic heterocycles. The van der Waals surface area contributed by atoms with Gasteiger partial charge in [0, 0.05) is 10.7 Å². The smallest absolute Gasteiger partial charge is 0.324 e. The van der Waals surface area contributed by atoms with Crippen LogP contribution in [0.25, 0.3) is 10.1 Å². The van der Waals surface area contributed by atoms with Gasteiger partial charge in [0.2, 0.25) is 0 Å². The van der Waals surface area contributed by atoms with Crippen LogP contribution in [-0.2, 0) is 6.18 Å². The van der Waals surface area contributed by atoms with Crippen molar-refractivity contribution in [2.24, 2.45) is 5.73 Å². The molecule has 0 aliphatic carbocycles. The predicted molar refractivity (Wildman–Crippen MR) is 59.4 cm³/mol. The minimum Gasteiger partial charge on any atom is -0.324 e. The van der Waals surface area contributed by atoms with Crippen LogP contribution in [0.1, 0.15) is 23.4 Å². The number of hydrogen-bond donors (Lipinski definition) is 1. The van der Waals surface area contributed by atoms with Crippen molar-refractivity contribution in [1.29, 1.82) is 0 Å². The van der Waals surface area contributed by atoms with Crippen molar-refractivity contribution >= 4 is 21.4 Å². The second kappa shape index (κ2) is 3.75. The third-order valence-electron chi connectivity index (χ3n) is 2.34. The molecule has 1 unspecified atom stereocenters. The number of rotatable bonds is 1. The maximum atomic E-state index is 12.5. The van der Waals surface area contributed by atoms with Gasteiger partial charge in [-0.05, 0) is 23.9 Å². The summed E-state index contributed by atoms with van der Waals surface area (Å²) < 4.78 is 38.2. The Morgan fingerprint density at radius 1 is 1.31 bits per heavy atom. The van der Waals surface area contributed by atoms with Crippen LogP contribution in [0.4, 0.5) is 13.2 Å². The normalized spacial score (nSPS) is 14.3. The van der Waals surface area contributed by atoms with Gasteiger partial charge in [-0.2, -0.15) is 13.2 Å². The number of nitrogens with two attached hydrogens (primary N) is 1. The highest BCUT2D eigenvalue weighted by Crippen LogP contribution is 2.40. The van der Waals surface area contributed by atoms with Crippen LogP contribution in [0.3, 0.4) is 0 Å². The van der Waals surface area contributed by atoms with Gasteiger partial charge in [-0.1, -0.05) is 18.2 Å². The van der Waals surface area contributed by atoms with Crippen molar-refractivity contribution in [2.75, 3.05) is 0 Å². The molecule has 1 nitrogen and oxygen atoms in total. The van der Waals surface area contributed by atoms with Gasteiger partial charge in [-0.25, -0.2) is 0 Å². The molecule has 2 N–H and O–H groups in total. The molecule has 1 heterocycles. The monoisotopic (exact) mass is 245 g/mol. The molecule has 0 saturated heterocycles. The molecule has 0 bridgehead atoms. The Kier molecular flexibility index (Phi) is 2.67. The molecule has 0 spiro atoms. The van der Waals surface area contributed by atoms with E-state index in [1.807, 2.05) is 0 Å². The molecule has 0 saturated carbocycles. The summed E-state index contributed by atoms with van der Waals surface area (Å²) >= 11 is 0.754. The lowest BCUT2D eigenvalue weighted by atomic mass is 10.1. The van der Waals surface area contributed by atoms with Gasteiger partial charge in [0.05, 0.1) is 0 Å². The highest BCUT2D eigenvalue weighted by Gasteiger charge is 2.33. The van der Waals surface area contributed by atoms with E-state index in [4.69, 9.17) is 5.73 Å². The quantitative estimate of drug-likeness (QED) is 0.809. The van der Waals surface area contributed by atoms with E-state index < -0.39 is 11.1 Å². The predicted octanol–water partition coefficient (Wildman–Crippen LogP) is 3.94. The number of benzene rings is 1. The van der Waals surface area contributed by atoms with Gasteiger partial charge in [0.25, 0.3) is 0 Å². The second-order valence-corrected chi connectivity index (χ2v) is 4.71. The third kappa shape index (κ3) is 1.92. The molecule has 0 aliphatic rings. The second-order valence-electron chi connectivity index (χ2n) is 3.66. The van der Waals surface area contributed by atoms with Crippen molar-refractivity contribution < 1.29 is 13.2 Å². The Labute approximate surface area is 94.7 Å². The van der Waals surface area contributed by atoms with Gasteiger partial charge in [0.1, 0.15) is 4.88 Å². The highest BCUT2D eigenvalue weighted by molar-refractivity contribution is 7.19. The number of fused-ring (bicyclic) bond motifs is 1. The van der Waals surface area contributed by atoms with Crippen LogP contribution in [0, 0.1) is 0 Å². The van der Waals surface area contributed by atoms with Gasteiger partial charge < -0.3 is 5.73 Å². The molecule has 2 aromatic rings. The minimum atomic E-state index is -4.28. The lowest BCUT2D eigenvalue weighted by Gasteiger charge is -2.06. The van der Waals surface area contributed by atoms with E-state index in [0.29, 0.717) is 10.1 Å². The summed E-state index contributed by atoms with van der Waals surface area (Å²) in [6.07, 6.45) is -4.28. The Balaban J connectivity index is 2.66. The van der Waals surface area contributed by atoms with E-state index in [2.05, 4.69) is 0 Å². The summed E-state index contributed by atoms with van der Waals surface area (Å²) in [5.74, 6) is 0. The first kappa shape index (κ1) is 11.4. The van der Waals surface area contributed by atoms with E-state index in [1.54, 1.807) is 25.1 Å². The molecule has 86 valence electrons. The molecule has 0 radical (unpaired) electrons. The maximum absolute atomic E-state index is 12.5. The highest BCUT2D eigenvalue weighted by atomic mass is 32.1. The van der Waals surface area contributed by atoms with Gasteiger partial charge >= 0.3 is 6.18 Å². The Hall–Kier alpha value is -1.07. The van der Waals surface area contributed by atoms with Gasteiger partial charge in [0.15, 0.2) is 0 Å². The fourth-order valence-corrected chi connectivity index (χ4v) is 2.72. The van der Waals surface area contributed by atoms with E-state index in [0.717, 1.165) is 16.9 Å². The molecule has 0 amide bonds. The zero-order valence-corrected chi connectivity index (χ0v) is 9.32. The number of alkyl halides is 3. The standard InChI is InChI=1S/C11H10F3NS/c1-6(15)8-4-2-3-7-5-9(11(12,13)14)16-10(7)8/h2-6H,15H2,1H3. The first-order chi connectivity index (χ1) is 7.39. The van der Waals surface area contributed by atoms with Crippen LogP contribution in [0.5, 0.6) is 0 Å². The molecular formula is C11H10F3NS. The number of thiophene rings is 1. The summed E-state index contributed by atoms with van der Waals surface area (Å²) in [6, 6.07) is 6.08. The van der Waals surface area contributed by atoms with E-state index in [-0.39, 0.29) is 6.04 Å². The maximum Gasteiger partial charge on any atom is 0.425 e. The zero-order valence-electron chi connectivity index (χ0n) is 8.51. The molecule has 2 rings (SSSR count). The average molecular weight is 245 g/mol. The van der Waals surface area contributed by atoms with Crippen molar-refractivity contribution in [3.63, 3.8) is 0 Å². The fourth-order valence-electron chi connectivity index (χ4n) is 1.58. The Morgan fingerprint density at radius 2 is 2.00 bits per heavy atom. The first-order valence-corrected chi connectivity index (χ1v) is 5.56. The summed E-state index contributed by atoms with van der Waals surface area (Å²) in [6.45, 7) is 1.77. The van der Waals surface area contributed by atoms with Gasteiger partial charge in [-0.3, -0.25) is 0 Å². The van der Waals surface area contributed by atoms with Crippen molar-refractivity contribution in [2.45, 2.75) is 19.1 Å². The fraction of sp³-hybridized carbons (Fsp3) is 0.273. The average Bonchev–Trinajstić information content (AvgIpc) is 2.59. The first-order valence-electron chi connectivity index (χ1n) is 4.75. The molecule has 0 fully saturated rings. The molecule has 16 heavy (non-hydrogen) atoms. The number of hydrogen-bond acceptors (Lipinski definition) is 2. The lowest BCUT2D eigenvalue weighted by molar-refractivity contribution is -0.134. The van der Waals surface area contributed by atoms with Crippen LogP contribution < -0.4 is 5.73 Å². The number of halogens is 3. The van der Waals surface area contributed by atoms with E-state index in [9.17, 15) is 13.2 Å². The molecule has 1 aromatic carbocycles. The van der Waals surface area contributed by atoms with Crippen LogP contribution in [0.2, 0.25) is 0 Å². The van der Waals surface area contributed by atoms with Crippen LogP contribution in [-0.4, -0.2) is 0 Å². The molecule has 1 aromatic heterocycles. The van der Waals surface area contributed by atoms with Crippen LogP contribution >= 0.6 is 11.3 Å². The topological polar surface area (TPSA) is 26.0 Å². The molecule has 5 heteroatoms. The molecule has 1 atom stereocenters. The van der Waals surface area contributed by atoms with Crippen molar-refractivity contribution in [3.8, 4) is 0 Å². The van der Waals surface area contributed by atoms with Gasteiger partial charge in [-0.15, -0.1) is 11.3 Å². The van der Waals surface area contributed by atoms with Crippen molar-refractivity contribution in [1.82, 2.24) is 0 Å². The summed E-state index contributed by atoms with van der Waals surface area (Å²) in [5.41, 5.74) is 6.49. The SMILES string of the molecule is CC(N)c1cccc2cc(C(F)(F)F)sc12. The third-order valence-corrected chi connectivity index (χ3v) is 3.59. The van der Waals surface area contributed by atoms with E-state index >= 15 is 0 Å². The van der Waals surface area contributed by atoms with Crippen molar-refractivity contribution in [3.05, 3.63) is 34.7 Å². The Morgan fingerprint density at radius 3 is 2.56 bits per heavy atom. The van der Waals surface area contributed by atoms with Crippen LogP contribution in [0.15, 0.2) is 24.3 Å². The Bertz CT molecular complexity index is 513. The summed E-state index contributed by atoms with van der Waals surface area (Å²) in [7, 11) is 0. The van der Waals surface area contributed by atoms with E-state index in [1.165, 1.54) is 6.07 Å².